The molecule has 1 aliphatic carbocycles. The van der Waals surface area contributed by atoms with Crippen LogP contribution in [0.15, 0.2) is 261 Å². The van der Waals surface area contributed by atoms with Gasteiger partial charge in [-0.3, -0.25) is 0 Å². The van der Waals surface area contributed by atoms with E-state index in [1.165, 1.54) is 122 Å². The molecule has 0 saturated carbocycles. The molecule has 16 rings (SSSR count). The molecule has 558 valence electrons. The number of benzene rings is 13. The van der Waals surface area contributed by atoms with Gasteiger partial charge in [0.15, 0.2) is 0 Å². The molecule has 0 saturated heterocycles. The van der Waals surface area contributed by atoms with Crippen molar-refractivity contribution in [2.45, 2.75) is 203 Å². The molecule has 0 fully saturated rings. The molecule has 0 unspecified atom stereocenters. The van der Waals surface area contributed by atoms with E-state index < -0.39 is 0 Å². The van der Waals surface area contributed by atoms with Gasteiger partial charge in [-0.05, 0) is 256 Å². The molecule has 4 heteroatoms. The Morgan fingerprint density at radius 2 is 0.604 bits per heavy atom. The van der Waals surface area contributed by atoms with Crippen molar-refractivity contribution < 1.29 is 0 Å². The molecular weight excluding hydrogens is 1340 g/mol. The topological polar surface area (TPSA) is 9.72 Å². The lowest BCUT2D eigenvalue weighted by atomic mass is 9.33. The van der Waals surface area contributed by atoms with Gasteiger partial charge in [-0.25, -0.2) is 0 Å². The molecule has 3 aliphatic rings. The van der Waals surface area contributed by atoms with Gasteiger partial charge in [0, 0.05) is 50.9 Å². The summed E-state index contributed by atoms with van der Waals surface area (Å²) in [6.45, 7) is 53.7. The van der Waals surface area contributed by atoms with Crippen LogP contribution in [0.5, 0.6) is 0 Å². The summed E-state index contributed by atoms with van der Waals surface area (Å²) in [6, 6.07) is 103. The first-order valence-corrected chi connectivity index (χ1v) is 40.6. The van der Waals surface area contributed by atoms with Gasteiger partial charge >= 0.3 is 0 Å². The molecular formula is C107H112BN3. The van der Waals surface area contributed by atoms with Crippen LogP contribution >= 0.6 is 0 Å². The van der Waals surface area contributed by atoms with E-state index in [4.69, 9.17) is 0 Å². The van der Waals surface area contributed by atoms with Gasteiger partial charge in [-0.1, -0.05) is 335 Å². The standard InChI is InChI=1S/C107H112BN3/c1-100(2,3)76-37-28-67(29-38-76)72-56-73(68-30-39-77(40-31-68)101(4,5)6)59-85(58-72)110-94-54-47-81(105(16,17)18)62-92(94)108-93-63-82(106(19,20)21)48-55-95(93)111(86-60-74(69-32-41-78(42-33-69)102(7,8)9)57-75(61-86)70-34-43-79(44-35-70)103(10,11)12)97-66-87(65-96(110)99(97)108)109(83-49-45-80(46-50-83)104(13,14)15)84-51-53-89-90-52-36-71-26-24-25-27-88(71)98(90)107(22,23)91(89)64-84/h24-66H,1-23H3. The molecule has 0 bridgehead atoms. The third-order valence-corrected chi connectivity index (χ3v) is 24.5. The minimum atomic E-state index is -0.317. The zero-order chi connectivity index (χ0) is 78.8. The summed E-state index contributed by atoms with van der Waals surface area (Å²) in [5, 5.41) is 2.58. The summed E-state index contributed by atoms with van der Waals surface area (Å²) in [5.41, 5.74) is 37.0. The highest BCUT2D eigenvalue weighted by Crippen LogP contribution is 2.56. The predicted octanol–water partition coefficient (Wildman–Crippen LogP) is 28.4. The minimum Gasteiger partial charge on any atom is -0.311 e. The van der Waals surface area contributed by atoms with E-state index in [9.17, 15) is 0 Å². The highest BCUT2D eigenvalue weighted by molar-refractivity contribution is 7.00. The van der Waals surface area contributed by atoms with E-state index >= 15 is 0 Å². The molecule has 0 amide bonds. The number of anilines is 9. The van der Waals surface area contributed by atoms with Crippen LogP contribution in [0.2, 0.25) is 0 Å². The van der Waals surface area contributed by atoms with Crippen molar-refractivity contribution in [2.75, 3.05) is 14.7 Å². The Bertz CT molecular complexity index is 5390. The average Bonchev–Trinajstić information content (AvgIpc) is 0.973. The SMILES string of the molecule is CC(C)(C)c1ccc(-c2cc(-c3ccc(C(C)(C)C)cc3)cc(N3c4ccc(C(C)(C)C)cc4B4c5cc(C(C)(C)C)ccc5N(c5cc(-c6ccc(C(C)(C)C)cc6)cc(-c6ccc(C(C)(C)C)cc6)c5)c5cc(N(c6ccc(C(C)(C)C)cc6)c6ccc7c(c6)C(C)(C)c6c-7ccc7ccccc67)cc3c54)c2)cc1. The molecule has 0 N–H and O–H groups in total. The van der Waals surface area contributed by atoms with Gasteiger partial charge < -0.3 is 14.7 Å². The molecule has 0 atom stereocenters. The molecule has 0 aromatic heterocycles. The van der Waals surface area contributed by atoms with Crippen molar-refractivity contribution in [2.24, 2.45) is 0 Å². The smallest absolute Gasteiger partial charge is 0.252 e. The van der Waals surface area contributed by atoms with Crippen LogP contribution < -0.4 is 31.1 Å². The third kappa shape index (κ3) is 13.5. The zero-order valence-corrected chi connectivity index (χ0v) is 70.2. The van der Waals surface area contributed by atoms with Crippen molar-refractivity contribution in [3.05, 3.63) is 311 Å². The second-order valence-electron chi connectivity index (χ2n) is 40.1. The first kappa shape index (κ1) is 74.7. The van der Waals surface area contributed by atoms with E-state index in [-0.39, 0.29) is 50.0 Å². The van der Waals surface area contributed by atoms with E-state index in [1.807, 2.05) is 0 Å². The molecule has 0 radical (unpaired) electrons. The lowest BCUT2D eigenvalue weighted by Crippen LogP contribution is -2.61. The molecule has 0 spiro atoms. The Hall–Kier alpha value is -10.4. The number of fused-ring (bicyclic) bond motifs is 9. The van der Waals surface area contributed by atoms with Gasteiger partial charge in [0.05, 0.1) is 5.69 Å². The summed E-state index contributed by atoms with van der Waals surface area (Å²) >= 11 is 0. The Balaban J connectivity index is 1.05. The van der Waals surface area contributed by atoms with Gasteiger partial charge in [-0.2, -0.15) is 0 Å². The fourth-order valence-electron chi connectivity index (χ4n) is 17.7. The lowest BCUT2D eigenvalue weighted by Gasteiger charge is -2.46. The van der Waals surface area contributed by atoms with Crippen molar-refractivity contribution in [1.29, 1.82) is 0 Å². The number of nitrogens with zero attached hydrogens (tertiary/aromatic N) is 3. The van der Waals surface area contributed by atoms with Crippen LogP contribution in [0.25, 0.3) is 66.4 Å². The second kappa shape index (κ2) is 26.4. The lowest BCUT2D eigenvalue weighted by molar-refractivity contribution is 0.590. The first-order valence-electron chi connectivity index (χ1n) is 40.6. The zero-order valence-electron chi connectivity index (χ0n) is 70.2. The fourth-order valence-corrected chi connectivity index (χ4v) is 17.7. The van der Waals surface area contributed by atoms with Crippen LogP contribution in [0.3, 0.4) is 0 Å². The second-order valence-corrected chi connectivity index (χ2v) is 40.1. The van der Waals surface area contributed by atoms with Crippen LogP contribution in [-0.4, -0.2) is 6.71 Å². The summed E-state index contributed by atoms with van der Waals surface area (Å²) < 4.78 is 0. The number of hydrogen-bond acceptors (Lipinski definition) is 3. The minimum absolute atomic E-state index is 0.0127. The molecule has 13 aromatic carbocycles. The maximum atomic E-state index is 2.68. The van der Waals surface area contributed by atoms with Gasteiger partial charge in [-0.15, -0.1) is 0 Å². The van der Waals surface area contributed by atoms with Crippen molar-refractivity contribution >= 4 is 85.1 Å². The molecule has 111 heavy (non-hydrogen) atoms. The number of hydrogen-bond donors (Lipinski definition) is 0. The van der Waals surface area contributed by atoms with E-state index in [1.54, 1.807) is 0 Å². The van der Waals surface area contributed by atoms with Crippen LogP contribution in [-0.2, 0) is 43.3 Å². The van der Waals surface area contributed by atoms with Crippen molar-refractivity contribution in [3.63, 3.8) is 0 Å². The monoisotopic (exact) mass is 1450 g/mol. The maximum Gasteiger partial charge on any atom is 0.252 e. The summed E-state index contributed by atoms with van der Waals surface area (Å²) in [7, 11) is 0. The largest absolute Gasteiger partial charge is 0.311 e. The Morgan fingerprint density at radius 3 is 0.973 bits per heavy atom. The molecule has 2 heterocycles. The normalized spacial score (nSPS) is 14.1. The maximum absolute atomic E-state index is 2.68. The van der Waals surface area contributed by atoms with Crippen molar-refractivity contribution in [3.8, 4) is 55.6 Å². The summed E-state index contributed by atoms with van der Waals surface area (Å²) in [5.74, 6) is 0. The quantitative estimate of drug-likeness (QED) is 0.133. The Kier molecular flexibility index (Phi) is 17.7. The van der Waals surface area contributed by atoms with Crippen LogP contribution in [0.4, 0.5) is 51.2 Å². The van der Waals surface area contributed by atoms with Crippen LogP contribution in [0.1, 0.15) is 209 Å². The van der Waals surface area contributed by atoms with E-state index in [0.717, 1.165) is 62.1 Å². The number of rotatable bonds is 9. The Morgan fingerprint density at radius 1 is 0.270 bits per heavy atom. The molecule has 13 aromatic rings. The van der Waals surface area contributed by atoms with E-state index in [2.05, 4.69) is 435 Å². The first-order chi connectivity index (χ1) is 52.2. The fraction of sp³-hybridized carbons (Fsp3) is 0.290. The van der Waals surface area contributed by atoms with Crippen molar-refractivity contribution in [1.82, 2.24) is 0 Å². The molecule has 3 nitrogen and oxygen atoms in total. The predicted molar refractivity (Wildman–Crippen MR) is 483 cm³/mol. The highest BCUT2D eigenvalue weighted by Gasteiger charge is 2.46. The van der Waals surface area contributed by atoms with E-state index in [0.29, 0.717) is 0 Å². The average molecular weight is 1450 g/mol. The van der Waals surface area contributed by atoms with Gasteiger partial charge in [0.1, 0.15) is 0 Å². The third-order valence-electron chi connectivity index (χ3n) is 24.5. The highest BCUT2D eigenvalue weighted by atomic mass is 15.2. The summed E-state index contributed by atoms with van der Waals surface area (Å²) in [6.07, 6.45) is 0. The molecule has 2 aliphatic heterocycles. The Labute approximate surface area is 664 Å². The van der Waals surface area contributed by atoms with Gasteiger partial charge in [0.2, 0.25) is 0 Å². The van der Waals surface area contributed by atoms with Gasteiger partial charge in [0.25, 0.3) is 6.71 Å². The van der Waals surface area contributed by atoms with Crippen LogP contribution in [0, 0.1) is 0 Å². The summed E-state index contributed by atoms with van der Waals surface area (Å²) in [4.78, 5) is 7.95.